The van der Waals surface area contributed by atoms with Crippen LogP contribution in [0.15, 0.2) is 65.7 Å². The summed E-state index contributed by atoms with van der Waals surface area (Å²) in [4.78, 5) is 28.3. The number of carbonyl (C=O) groups excluding carboxylic acids is 2. The molecule has 0 fully saturated rings. The second-order valence-electron chi connectivity index (χ2n) is 7.19. The third-order valence-electron chi connectivity index (χ3n) is 4.89. The first-order valence-corrected chi connectivity index (χ1v) is 10.5. The number of hydrogen-bond donors (Lipinski definition) is 0. The molecule has 1 atom stereocenters. The van der Waals surface area contributed by atoms with Gasteiger partial charge in [-0.3, -0.25) is 9.59 Å². The predicted octanol–water partition coefficient (Wildman–Crippen LogP) is 6.38. The van der Waals surface area contributed by atoms with Crippen LogP contribution in [0.1, 0.15) is 44.6 Å². The highest BCUT2D eigenvalue weighted by Crippen LogP contribution is 2.27. The Bertz CT molecular complexity index is 1130. The van der Waals surface area contributed by atoms with Gasteiger partial charge in [0.25, 0.3) is 0 Å². The molecule has 0 aliphatic rings. The number of isothiocyanates is 1. The molecule has 158 valence electrons. The van der Waals surface area contributed by atoms with Gasteiger partial charge in [-0.05, 0) is 78.3 Å². The molecule has 0 aromatic heterocycles. The molecule has 0 amide bonds. The fourth-order valence-corrected chi connectivity index (χ4v) is 3.17. The number of unbranched alkanes of at least 4 members (excludes halogenated alkanes) is 1. The van der Waals surface area contributed by atoms with E-state index in [1.165, 1.54) is 0 Å². The second kappa shape index (κ2) is 10.6. The third kappa shape index (κ3) is 6.07. The number of aliphatic imine (C=N–C) groups is 1. The molecule has 6 heteroatoms. The molecule has 0 spiro atoms. The van der Waals surface area contributed by atoms with Crippen molar-refractivity contribution in [3.63, 3.8) is 0 Å². The molecule has 0 unspecified atom stereocenters. The molecular formula is C25H23NO4S. The van der Waals surface area contributed by atoms with Crippen LogP contribution >= 0.6 is 12.2 Å². The number of ether oxygens (including phenoxy) is 2. The molecule has 0 radical (unpaired) electrons. The largest absolute Gasteiger partial charge is 0.427 e. The van der Waals surface area contributed by atoms with E-state index in [0.29, 0.717) is 23.6 Å². The molecule has 0 heterocycles. The molecule has 0 saturated heterocycles. The van der Waals surface area contributed by atoms with Gasteiger partial charge < -0.3 is 9.47 Å². The van der Waals surface area contributed by atoms with Crippen molar-refractivity contribution < 1.29 is 19.1 Å². The molecule has 0 aliphatic carbocycles. The van der Waals surface area contributed by atoms with Crippen LogP contribution in [-0.4, -0.2) is 17.1 Å². The lowest BCUT2D eigenvalue weighted by Crippen LogP contribution is -2.16. The maximum absolute atomic E-state index is 12.6. The number of thiocarbonyl (C=S) groups is 1. The van der Waals surface area contributed by atoms with Crippen molar-refractivity contribution >= 4 is 45.8 Å². The van der Waals surface area contributed by atoms with Gasteiger partial charge in [0.1, 0.15) is 11.5 Å². The van der Waals surface area contributed by atoms with E-state index >= 15 is 0 Å². The van der Waals surface area contributed by atoms with Crippen LogP contribution in [0.25, 0.3) is 10.8 Å². The van der Waals surface area contributed by atoms with Gasteiger partial charge in [-0.2, -0.15) is 4.99 Å². The quantitative estimate of drug-likeness (QED) is 0.178. The highest BCUT2D eigenvalue weighted by Gasteiger charge is 2.18. The molecular weight excluding hydrogens is 410 g/mol. The van der Waals surface area contributed by atoms with E-state index in [1.54, 1.807) is 37.3 Å². The van der Waals surface area contributed by atoms with E-state index in [4.69, 9.17) is 9.47 Å². The summed E-state index contributed by atoms with van der Waals surface area (Å²) in [6, 6.07) is 18.0. The highest BCUT2D eigenvalue weighted by molar-refractivity contribution is 7.78. The Hall–Kier alpha value is -3.34. The molecule has 3 rings (SSSR count). The van der Waals surface area contributed by atoms with Crippen molar-refractivity contribution in [1.82, 2.24) is 0 Å². The van der Waals surface area contributed by atoms with Gasteiger partial charge in [0.05, 0.1) is 16.8 Å². The summed E-state index contributed by atoms with van der Waals surface area (Å²) >= 11 is 4.58. The van der Waals surface area contributed by atoms with Crippen molar-refractivity contribution in [3.05, 3.63) is 66.2 Å². The Morgan fingerprint density at radius 2 is 1.65 bits per heavy atom. The van der Waals surface area contributed by atoms with Crippen molar-refractivity contribution in [1.29, 1.82) is 0 Å². The minimum atomic E-state index is -0.449. The van der Waals surface area contributed by atoms with Crippen LogP contribution in [0.4, 0.5) is 5.69 Å². The van der Waals surface area contributed by atoms with Crippen LogP contribution in [0.3, 0.4) is 0 Å². The summed E-state index contributed by atoms with van der Waals surface area (Å²) in [6.45, 7) is 3.84. The molecule has 0 saturated carbocycles. The zero-order valence-electron chi connectivity index (χ0n) is 17.5. The van der Waals surface area contributed by atoms with Crippen molar-refractivity contribution in [3.8, 4) is 11.5 Å². The normalized spacial score (nSPS) is 11.4. The van der Waals surface area contributed by atoms with Gasteiger partial charge in [0.15, 0.2) is 0 Å². The first kappa shape index (κ1) is 22.3. The first-order chi connectivity index (χ1) is 15.0. The van der Waals surface area contributed by atoms with Gasteiger partial charge in [-0.25, -0.2) is 0 Å². The summed E-state index contributed by atoms with van der Waals surface area (Å²) < 4.78 is 10.9. The first-order valence-electron chi connectivity index (χ1n) is 10.1. The minimum Gasteiger partial charge on any atom is -0.427 e. The van der Waals surface area contributed by atoms with E-state index in [2.05, 4.69) is 22.4 Å². The zero-order chi connectivity index (χ0) is 22.2. The number of benzene rings is 3. The highest BCUT2D eigenvalue weighted by atomic mass is 32.1. The lowest BCUT2D eigenvalue weighted by Gasteiger charge is -2.13. The SMILES string of the molecule is CCCCC(=O)Oc1ccc2cc([C@H](C)C(=O)Oc3ccc(N=C=S)cc3)ccc2c1. The summed E-state index contributed by atoms with van der Waals surface area (Å²) in [5.41, 5.74) is 1.49. The fourth-order valence-electron chi connectivity index (χ4n) is 3.06. The van der Waals surface area contributed by atoms with Crippen LogP contribution in [0, 0.1) is 0 Å². The van der Waals surface area contributed by atoms with Gasteiger partial charge >= 0.3 is 11.9 Å². The average Bonchev–Trinajstić information content (AvgIpc) is 2.78. The average molecular weight is 434 g/mol. The van der Waals surface area contributed by atoms with Crippen molar-refractivity contribution in [2.45, 2.75) is 39.0 Å². The third-order valence-corrected chi connectivity index (χ3v) is 4.98. The molecule has 0 aliphatic heterocycles. The topological polar surface area (TPSA) is 65.0 Å². The fraction of sp³-hybridized carbons (Fsp3) is 0.240. The van der Waals surface area contributed by atoms with Crippen LogP contribution in [0.5, 0.6) is 11.5 Å². The van der Waals surface area contributed by atoms with Gasteiger partial charge in [-0.1, -0.05) is 37.6 Å². The zero-order valence-corrected chi connectivity index (χ0v) is 18.3. The molecule has 31 heavy (non-hydrogen) atoms. The monoisotopic (exact) mass is 433 g/mol. The predicted molar refractivity (Wildman–Crippen MR) is 124 cm³/mol. The lowest BCUT2D eigenvalue weighted by atomic mass is 9.98. The van der Waals surface area contributed by atoms with Gasteiger partial charge in [0, 0.05) is 6.42 Å². The Kier molecular flexibility index (Phi) is 7.65. The van der Waals surface area contributed by atoms with E-state index < -0.39 is 5.92 Å². The number of fused-ring (bicyclic) bond motifs is 1. The van der Waals surface area contributed by atoms with Crippen molar-refractivity contribution in [2.24, 2.45) is 4.99 Å². The summed E-state index contributed by atoms with van der Waals surface area (Å²) in [5.74, 6) is -0.0662. The smallest absolute Gasteiger partial charge is 0.318 e. The maximum atomic E-state index is 12.6. The number of hydrogen-bond acceptors (Lipinski definition) is 6. The Labute approximate surface area is 186 Å². The van der Waals surface area contributed by atoms with E-state index in [1.807, 2.05) is 37.3 Å². The maximum Gasteiger partial charge on any atom is 0.318 e. The van der Waals surface area contributed by atoms with Gasteiger partial charge in [-0.15, -0.1) is 0 Å². The van der Waals surface area contributed by atoms with E-state index in [9.17, 15) is 9.59 Å². The number of carbonyl (C=O) groups is 2. The Morgan fingerprint density at radius 1 is 0.968 bits per heavy atom. The molecule has 3 aromatic carbocycles. The Morgan fingerprint density at radius 3 is 2.35 bits per heavy atom. The van der Waals surface area contributed by atoms with Crippen molar-refractivity contribution in [2.75, 3.05) is 0 Å². The number of nitrogens with zero attached hydrogens (tertiary/aromatic N) is 1. The van der Waals surface area contributed by atoms with Crippen LogP contribution in [-0.2, 0) is 9.59 Å². The van der Waals surface area contributed by atoms with E-state index in [0.717, 1.165) is 29.2 Å². The van der Waals surface area contributed by atoms with Gasteiger partial charge in [0.2, 0.25) is 0 Å². The molecule has 0 N–H and O–H groups in total. The molecule has 3 aromatic rings. The lowest BCUT2D eigenvalue weighted by molar-refractivity contribution is -0.136. The summed E-state index contributed by atoms with van der Waals surface area (Å²) in [5, 5.41) is 4.18. The second-order valence-corrected chi connectivity index (χ2v) is 7.37. The van der Waals surface area contributed by atoms with Crippen LogP contribution in [0.2, 0.25) is 0 Å². The Balaban J connectivity index is 1.69. The number of rotatable bonds is 8. The molecule has 0 bridgehead atoms. The molecule has 5 nitrogen and oxygen atoms in total. The standard InChI is InChI=1S/C25H23NO4S/c1-3-4-5-24(27)29-23-11-8-19-14-18(6-7-20(19)15-23)17(2)25(28)30-22-12-9-21(10-13-22)26-16-31/h6-15,17H,3-5H2,1-2H3/t17-/m0/s1. The minimum absolute atomic E-state index is 0.226. The number of esters is 2. The van der Waals surface area contributed by atoms with E-state index in [-0.39, 0.29) is 11.9 Å². The van der Waals surface area contributed by atoms with Crippen LogP contribution < -0.4 is 9.47 Å². The summed E-state index contributed by atoms with van der Waals surface area (Å²) in [6.07, 6.45) is 2.17. The summed E-state index contributed by atoms with van der Waals surface area (Å²) in [7, 11) is 0.